The molecule has 0 radical (unpaired) electrons. The molecule has 0 unspecified atom stereocenters. The molecular weight excluding hydrogens is 447 g/mol. The molecule has 1 fully saturated rings. The Kier molecular flexibility index (Phi) is 6.35. The van der Waals surface area contributed by atoms with Gasteiger partial charge in [-0.05, 0) is 24.6 Å². The molecule has 1 N–H and O–H groups in total. The van der Waals surface area contributed by atoms with Gasteiger partial charge in [-0.25, -0.2) is 23.1 Å². The van der Waals surface area contributed by atoms with E-state index in [1.165, 1.54) is 43.0 Å². The molecule has 34 heavy (non-hydrogen) atoms. The summed E-state index contributed by atoms with van der Waals surface area (Å²) in [4.78, 5) is 30.0. The molecule has 4 rings (SSSR count). The molecule has 10 heteroatoms. The van der Waals surface area contributed by atoms with Gasteiger partial charge in [-0.2, -0.15) is 0 Å². The molecule has 178 valence electrons. The van der Waals surface area contributed by atoms with Crippen LogP contribution in [0.4, 0.5) is 18.9 Å². The number of hydrogen-bond acceptors (Lipinski definition) is 6. The summed E-state index contributed by atoms with van der Waals surface area (Å²) < 4.78 is 47.3. The maximum absolute atomic E-state index is 14.6. The number of anilines is 1. The van der Waals surface area contributed by atoms with Crippen LogP contribution in [0.2, 0.25) is 0 Å². The summed E-state index contributed by atoms with van der Waals surface area (Å²) in [5.74, 6) is -3.53. The molecule has 0 saturated carbocycles. The fourth-order valence-electron chi connectivity index (χ4n) is 3.59. The molecule has 0 spiro atoms. The zero-order chi connectivity index (χ0) is 24.5. The Morgan fingerprint density at radius 3 is 2.47 bits per heavy atom. The fraction of sp³-hybridized carbons (Fsp3) is 0.375. The molecule has 0 bridgehead atoms. The van der Waals surface area contributed by atoms with E-state index in [-0.39, 0.29) is 40.0 Å². The van der Waals surface area contributed by atoms with Gasteiger partial charge in [-0.15, -0.1) is 0 Å². The Bertz CT molecular complexity index is 1190. The van der Waals surface area contributed by atoms with E-state index in [1.54, 1.807) is 0 Å². The number of carbonyl (C=O) groups excluding carboxylic acids is 1. The van der Waals surface area contributed by atoms with Crippen molar-refractivity contribution in [2.24, 2.45) is 0 Å². The van der Waals surface area contributed by atoms with Crippen LogP contribution >= 0.6 is 0 Å². The van der Waals surface area contributed by atoms with Crippen molar-refractivity contribution in [1.82, 2.24) is 19.9 Å². The third kappa shape index (κ3) is 5.06. The van der Waals surface area contributed by atoms with Gasteiger partial charge in [0.25, 0.3) is 11.8 Å². The predicted molar refractivity (Wildman–Crippen MR) is 119 cm³/mol. The Morgan fingerprint density at radius 2 is 1.85 bits per heavy atom. The van der Waals surface area contributed by atoms with E-state index in [4.69, 9.17) is 4.74 Å². The molecule has 3 aromatic rings. The smallest absolute Gasteiger partial charge is 0.271 e. The number of nitrogens with one attached hydrogen (secondary N) is 1. The van der Waals surface area contributed by atoms with Crippen molar-refractivity contribution in [3.05, 3.63) is 65.9 Å². The highest BCUT2D eigenvalue weighted by Crippen LogP contribution is 2.40. The van der Waals surface area contributed by atoms with Crippen LogP contribution in [0.15, 0.2) is 43.0 Å². The Balaban J connectivity index is 1.73. The molecular formula is C24H24F3N5O2. The molecule has 1 aliphatic rings. The second-order valence-electron chi connectivity index (χ2n) is 9.15. The minimum absolute atomic E-state index is 0.0121. The van der Waals surface area contributed by atoms with Crippen LogP contribution in [0, 0.1) is 5.82 Å². The van der Waals surface area contributed by atoms with Gasteiger partial charge < -0.3 is 10.1 Å². The number of alkyl halides is 2. The second kappa shape index (κ2) is 9.09. The van der Waals surface area contributed by atoms with Gasteiger partial charge in [0.05, 0.1) is 16.9 Å². The average Bonchev–Trinajstić information content (AvgIpc) is 2.79. The lowest BCUT2D eigenvalue weighted by Gasteiger charge is -2.30. The van der Waals surface area contributed by atoms with Crippen LogP contribution in [-0.4, -0.2) is 38.4 Å². The van der Waals surface area contributed by atoms with Gasteiger partial charge >= 0.3 is 0 Å². The number of halogens is 3. The highest BCUT2D eigenvalue weighted by Gasteiger charge is 2.38. The summed E-state index contributed by atoms with van der Waals surface area (Å²) in [6.45, 7) is 5.08. The first-order chi connectivity index (χ1) is 16.0. The van der Waals surface area contributed by atoms with Crippen molar-refractivity contribution in [2.75, 3.05) is 11.9 Å². The van der Waals surface area contributed by atoms with E-state index in [9.17, 15) is 18.0 Å². The maximum Gasteiger partial charge on any atom is 0.271 e. The molecule has 4 heterocycles. The molecule has 7 nitrogen and oxygen atoms in total. The molecule has 1 saturated heterocycles. The molecule has 0 aromatic carbocycles. The summed E-state index contributed by atoms with van der Waals surface area (Å²) in [5.41, 5.74) is 0.479. The first-order valence-corrected chi connectivity index (χ1v) is 10.8. The topological polar surface area (TPSA) is 89.9 Å². The number of amides is 1. The van der Waals surface area contributed by atoms with Crippen LogP contribution in [-0.2, 0) is 10.2 Å². The van der Waals surface area contributed by atoms with Gasteiger partial charge in [-0.3, -0.25) is 14.8 Å². The predicted octanol–water partition coefficient (Wildman–Crippen LogP) is 5.11. The Hall–Kier alpha value is -3.40. The monoisotopic (exact) mass is 471 g/mol. The lowest BCUT2D eigenvalue weighted by molar-refractivity contribution is -0.146. The standard InChI is InChI=1S/C24H24F3N5O2/c1-23(2,3)22-30-11-14(12-31-22)21(33)32-19-15(18-16(25)5-4-9-28-18)7-10-29-20(19)17-6-8-24(26,27)13-34-17/h4-5,7,9-12,17H,6,8,13H2,1-3H3,(H,32,33)/t17-/m1/s1. The first-order valence-electron chi connectivity index (χ1n) is 10.8. The van der Waals surface area contributed by atoms with Crippen LogP contribution in [0.25, 0.3) is 11.3 Å². The van der Waals surface area contributed by atoms with Gasteiger partial charge in [0, 0.05) is 42.2 Å². The van der Waals surface area contributed by atoms with Gasteiger partial charge in [-0.1, -0.05) is 20.8 Å². The van der Waals surface area contributed by atoms with Gasteiger partial charge in [0.15, 0.2) is 0 Å². The molecule has 0 aliphatic carbocycles. The highest BCUT2D eigenvalue weighted by molar-refractivity contribution is 6.06. The Labute approximate surface area is 194 Å². The van der Waals surface area contributed by atoms with E-state index in [0.717, 1.165) is 0 Å². The number of ether oxygens (including phenoxy) is 1. The molecule has 3 aromatic heterocycles. The van der Waals surface area contributed by atoms with Crippen molar-refractivity contribution < 1.29 is 22.7 Å². The van der Waals surface area contributed by atoms with Crippen molar-refractivity contribution in [1.29, 1.82) is 0 Å². The quantitative estimate of drug-likeness (QED) is 0.569. The van der Waals surface area contributed by atoms with Crippen LogP contribution in [0.3, 0.4) is 0 Å². The van der Waals surface area contributed by atoms with Crippen LogP contribution < -0.4 is 5.32 Å². The number of aromatic nitrogens is 4. The minimum Gasteiger partial charge on any atom is -0.366 e. The summed E-state index contributed by atoms with van der Waals surface area (Å²) >= 11 is 0. The zero-order valence-electron chi connectivity index (χ0n) is 19.0. The van der Waals surface area contributed by atoms with Crippen molar-refractivity contribution in [3.63, 3.8) is 0 Å². The van der Waals surface area contributed by atoms with E-state index in [1.807, 2.05) is 20.8 Å². The number of hydrogen-bond donors (Lipinski definition) is 1. The van der Waals surface area contributed by atoms with E-state index in [2.05, 4.69) is 25.3 Å². The normalized spacial score (nSPS) is 17.9. The fourth-order valence-corrected chi connectivity index (χ4v) is 3.59. The molecule has 1 aliphatic heterocycles. The first kappa shape index (κ1) is 23.7. The number of rotatable bonds is 4. The van der Waals surface area contributed by atoms with Crippen molar-refractivity contribution in [2.45, 2.75) is 51.1 Å². The minimum atomic E-state index is -2.93. The van der Waals surface area contributed by atoms with Gasteiger partial charge in [0.2, 0.25) is 0 Å². The Morgan fingerprint density at radius 1 is 1.12 bits per heavy atom. The number of nitrogens with zero attached hydrogens (tertiary/aromatic N) is 4. The summed E-state index contributed by atoms with van der Waals surface area (Å²) in [5, 5.41) is 2.74. The van der Waals surface area contributed by atoms with Crippen molar-refractivity contribution in [3.8, 4) is 11.3 Å². The van der Waals surface area contributed by atoms with E-state index in [0.29, 0.717) is 5.82 Å². The van der Waals surface area contributed by atoms with Crippen LogP contribution in [0.1, 0.15) is 61.6 Å². The molecule has 1 atom stereocenters. The third-order valence-electron chi connectivity index (χ3n) is 5.39. The summed E-state index contributed by atoms with van der Waals surface area (Å²) in [7, 11) is 0. The SMILES string of the molecule is CC(C)(C)c1ncc(C(=O)Nc2c(-c3ncccc3F)ccnc2[C@H]2CCC(F)(F)CO2)cn1. The molecule has 1 amide bonds. The van der Waals surface area contributed by atoms with Gasteiger partial charge in [0.1, 0.15) is 30.0 Å². The lowest BCUT2D eigenvalue weighted by Crippen LogP contribution is -2.31. The number of pyridine rings is 2. The summed E-state index contributed by atoms with van der Waals surface area (Å²) in [6.07, 6.45) is 4.42. The second-order valence-corrected chi connectivity index (χ2v) is 9.15. The zero-order valence-corrected chi connectivity index (χ0v) is 19.0. The number of carbonyl (C=O) groups is 1. The largest absolute Gasteiger partial charge is 0.366 e. The highest BCUT2D eigenvalue weighted by atomic mass is 19.3. The third-order valence-corrected chi connectivity index (χ3v) is 5.39. The van der Waals surface area contributed by atoms with Crippen LogP contribution in [0.5, 0.6) is 0 Å². The maximum atomic E-state index is 14.6. The average molecular weight is 471 g/mol. The lowest BCUT2D eigenvalue weighted by atomic mass is 9.96. The van der Waals surface area contributed by atoms with Crippen molar-refractivity contribution >= 4 is 11.6 Å². The summed E-state index contributed by atoms with van der Waals surface area (Å²) in [6, 6.07) is 4.19. The van der Waals surface area contributed by atoms with E-state index >= 15 is 0 Å². The van der Waals surface area contributed by atoms with E-state index < -0.39 is 36.8 Å².